The number of nitrogens with zero attached hydrogens (tertiary/aromatic N) is 1. The van der Waals surface area contributed by atoms with E-state index in [-0.39, 0.29) is 24.5 Å². The number of benzene rings is 3. The molecule has 1 atom stereocenters. The van der Waals surface area contributed by atoms with Crippen LogP contribution in [0.25, 0.3) is 0 Å². The SMILES string of the molecule is C[C@H](NC(=O)COc1ccc(/C=N\NC(=O)CSCc2ccccc2Br)cc1)c1ccccc1. The Morgan fingerprint density at radius 2 is 1.71 bits per heavy atom. The van der Waals surface area contributed by atoms with Crippen molar-refractivity contribution in [3.05, 3.63) is 100 Å². The smallest absolute Gasteiger partial charge is 0.258 e. The molecule has 176 valence electrons. The van der Waals surface area contributed by atoms with E-state index in [0.717, 1.165) is 26.9 Å². The highest BCUT2D eigenvalue weighted by Gasteiger charge is 2.09. The Balaban J connectivity index is 1.35. The standard InChI is InChI=1S/C26H26BrN3O3S/c1-19(21-7-3-2-4-8-21)29-25(31)16-33-23-13-11-20(12-14-23)15-28-30-26(32)18-34-17-22-9-5-6-10-24(22)27/h2-15,19H,16-18H2,1H3,(H,29,31)(H,30,32)/b28-15-/t19-/m0/s1. The van der Waals surface area contributed by atoms with Crippen molar-refractivity contribution in [2.45, 2.75) is 18.7 Å². The van der Waals surface area contributed by atoms with Gasteiger partial charge in [-0.1, -0.05) is 64.5 Å². The first-order valence-electron chi connectivity index (χ1n) is 10.7. The van der Waals surface area contributed by atoms with Crippen LogP contribution >= 0.6 is 27.7 Å². The fourth-order valence-corrected chi connectivity index (χ4v) is 4.42. The summed E-state index contributed by atoms with van der Waals surface area (Å²) in [5.74, 6) is 1.28. The van der Waals surface area contributed by atoms with E-state index >= 15 is 0 Å². The maximum Gasteiger partial charge on any atom is 0.258 e. The number of hydrogen-bond donors (Lipinski definition) is 2. The van der Waals surface area contributed by atoms with Crippen LogP contribution in [0.3, 0.4) is 0 Å². The van der Waals surface area contributed by atoms with E-state index in [1.165, 1.54) is 11.8 Å². The van der Waals surface area contributed by atoms with Gasteiger partial charge in [0.2, 0.25) is 5.91 Å². The average molecular weight is 540 g/mol. The van der Waals surface area contributed by atoms with E-state index in [1.807, 2.05) is 61.5 Å². The van der Waals surface area contributed by atoms with E-state index < -0.39 is 0 Å². The second kappa shape index (κ2) is 13.6. The first-order valence-corrected chi connectivity index (χ1v) is 12.7. The summed E-state index contributed by atoms with van der Waals surface area (Å²) in [6, 6.07) is 24.7. The molecule has 8 heteroatoms. The number of hydrazone groups is 1. The molecule has 3 aromatic rings. The molecule has 0 aromatic heterocycles. The summed E-state index contributed by atoms with van der Waals surface area (Å²) in [5.41, 5.74) is 5.52. The minimum Gasteiger partial charge on any atom is -0.484 e. The summed E-state index contributed by atoms with van der Waals surface area (Å²) in [6.45, 7) is 1.86. The van der Waals surface area contributed by atoms with Crippen LogP contribution in [-0.4, -0.2) is 30.4 Å². The normalized spacial score (nSPS) is 11.7. The van der Waals surface area contributed by atoms with E-state index in [9.17, 15) is 9.59 Å². The van der Waals surface area contributed by atoms with Gasteiger partial charge in [-0.15, -0.1) is 11.8 Å². The van der Waals surface area contributed by atoms with Crippen LogP contribution in [0.5, 0.6) is 5.75 Å². The van der Waals surface area contributed by atoms with E-state index in [0.29, 0.717) is 11.5 Å². The van der Waals surface area contributed by atoms with Gasteiger partial charge in [-0.25, -0.2) is 5.43 Å². The van der Waals surface area contributed by atoms with Crippen LogP contribution in [0, 0.1) is 0 Å². The number of rotatable bonds is 11. The number of halogens is 1. The molecule has 0 aliphatic heterocycles. The van der Waals surface area contributed by atoms with Crippen molar-refractivity contribution in [2.24, 2.45) is 5.10 Å². The minimum absolute atomic E-state index is 0.0715. The molecule has 0 saturated carbocycles. The zero-order chi connectivity index (χ0) is 24.2. The van der Waals surface area contributed by atoms with E-state index in [2.05, 4.69) is 31.8 Å². The van der Waals surface area contributed by atoms with Gasteiger partial charge < -0.3 is 10.1 Å². The van der Waals surface area contributed by atoms with Crippen molar-refractivity contribution in [1.29, 1.82) is 0 Å². The van der Waals surface area contributed by atoms with Gasteiger partial charge >= 0.3 is 0 Å². The molecule has 0 unspecified atom stereocenters. The number of amides is 2. The molecule has 0 fully saturated rings. The fourth-order valence-electron chi connectivity index (χ4n) is 2.99. The van der Waals surface area contributed by atoms with Gasteiger partial charge in [0, 0.05) is 10.2 Å². The van der Waals surface area contributed by atoms with Crippen LogP contribution < -0.4 is 15.5 Å². The lowest BCUT2D eigenvalue weighted by molar-refractivity contribution is -0.123. The lowest BCUT2D eigenvalue weighted by Gasteiger charge is -2.14. The van der Waals surface area contributed by atoms with Crippen LogP contribution in [0.1, 0.15) is 29.7 Å². The maximum atomic E-state index is 12.1. The Hall–Kier alpha value is -3.10. The first kappa shape index (κ1) is 25.5. The number of carbonyl (C=O) groups excluding carboxylic acids is 2. The summed E-state index contributed by atoms with van der Waals surface area (Å²) in [4.78, 5) is 24.1. The molecule has 0 radical (unpaired) electrons. The summed E-state index contributed by atoms with van der Waals surface area (Å²) in [7, 11) is 0. The minimum atomic E-state index is -0.192. The number of nitrogens with one attached hydrogen (secondary N) is 2. The van der Waals surface area contributed by atoms with Crippen LogP contribution in [0.4, 0.5) is 0 Å². The number of ether oxygens (including phenoxy) is 1. The maximum absolute atomic E-state index is 12.1. The molecule has 2 amide bonds. The average Bonchev–Trinajstić information content (AvgIpc) is 2.85. The highest BCUT2D eigenvalue weighted by atomic mass is 79.9. The highest BCUT2D eigenvalue weighted by molar-refractivity contribution is 9.10. The summed E-state index contributed by atoms with van der Waals surface area (Å²) < 4.78 is 6.60. The predicted molar refractivity (Wildman–Crippen MR) is 141 cm³/mol. The van der Waals surface area contributed by atoms with Crippen molar-refractivity contribution in [3.63, 3.8) is 0 Å². The molecule has 3 rings (SSSR count). The molecule has 0 aliphatic carbocycles. The third-order valence-electron chi connectivity index (χ3n) is 4.78. The van der Waals surface area contributed by atoms with Gasteiger partial charge in [0.15, 0.2) is 6.61 Å². The molecule has 6 nitrogen and oxygen atoms in total. The molecule has 0 heterocycles. The lowest BCUT2D eigenvalue weighted by Crippen LogP contribution is -2.31. The van der Waals surface area contributed by atoms with Crippen LogP contribution in [-0.2, 0) is 15.3 Å². The van der Waals surface area contributed by atoms with Gasteiger partial charge in [0.1, 0.15) is 5.75 Å². The quantitative estimate of drug-likeness (QED) is 0.262. The molecule has 0 aliphatic rings. The fraction of sp³-hybridized carbons (Fsp3) is 0.192. The second-order valence-electron chi connectivity index (χ2n) is 7.43. The largest absolute Gasteiger partial charge is 0.484 e. The number of carbonyl (C=O) groups is 2. The third-order valence-corrected chi connectivity index (χ3v) is 6.53. The molecule has 3 aromatic carbocycles. The Morgan fingerprint density at radius 1 is 1.00 bits per heavy atom. The van der Waals surface area contributed by atoms with Gasteiger partial charge in [0.05, 0.1) is 18.0 Å². The van der Waals surface area contributed by atoms with Gasteiger partial charge in [-0.2, -0.15) is 5.10 Å². The molecule has 2 N–H and O–H groups in total. The van der Waals surface area contributed by atoms with E-state index in [1.54, 1.807) is 30.5 Å². The zero-order valence-electron chi connectivity index (χ0n) is 18.7. The molecular formula is C26H26BrN3O3S. The van der Waals surface area contributed by atoms with Crippen molar-refractivity contribution in [1.82, 2.24) is 10.7 Å². The van der Waals surface area contributed by atoms with Gasteiger partial charge in [0.25, 0.3) is 5.91 Å². The second-order valence-corrected chi connectivity index (χ2v) is 9.27. The van der Waals surface area contributed by atoms with Gasteiger partial charge in [-0.3, -0.25) is 9.59 Å². The van der Waals surface area contributed by atoms with Gasteiger partial charge in [-0.05, 0) is 53.9 Å². The molecular weight excluding hydrogens is 514 g/mol. The lowest BCUT2D eigenvalue weighted by atomic mass is 10.1. The van der Waals surface area contributed by atoms with E-state index in [4.69, 9.17) is 4.74 Å². The molecule has 0 spiro atoms. The van der Waals surface area contributed by atoms with Crippen LogP contribution in [0.2, 0.25) is 0 Å². The van der Waals surface area contributed by atoms with Crippen molar-refractivity contribution >= 4 is 45.7 Å². The molecule has 0 bridgehead atoms. The monoisotopic (exact) mass is 539 g/mol. The Kier molecular flexibility index (Phi) is 10.2. The Bertz CT molecular complexity index is 1110. The molecule has 34 heavy (non-hydrogen) atoms. The van der Waals surface area contributed by atoms with Crippen LogP contribution in [0.15, 0.2) is 88.4 Å². The number of thioether (sulfide) groups is 1. The third kappa shape index (κ3) is 8.68. The zero-order valence-corrected chi connectivity index (χ0v) is 21.1. The number of hydrogen-bond acceptors (Lipinski definition) is 5. The van der Waals surface area contributed by atoms with Crippen molar-refractivity contribution in [3.8, 4) is 5.75 Å². The summed E-state index contributed by atoms with van der Waals surface area (Å²) >= 11 is 5.03. The highest BCUT2D eigenvalue weighted by Crippen LogP contribution is 2.21. The first-order chi connectivity index (χ1) is 16.5. The van der Waals surface area contributed by atoms with Crippen molar-refractivity contribution in [2.75, 3.05) is 12.4 Å². The van der Waals surface area contributed by atoms with Crippen molar-refractivity contribution < 1.29 is 14.3 Å². The molecule has 0 saturated heterocycles. The Labute approximate surface area is 212 Å². The predicted octanol–water partition coefficient (Wildman–Crippen LogP) is 5.09. The summed E-state index contributed by atoms with van der Waals surface area (Å²) in [6.07, 6.45) is 1.56. The summed E-state index contributed by atoms with van der Waals surface area (Å²) in [5, 5.41) is 6.91. The topological polar surface area (TPSA) is 79.8 Å². The Morgan fingerprint density at radius 3 is 2.44 bits per heavy atom.